The van der Waals surface area contributed by atoms with Crippen molar-refractivity contribution in [3.63, 3.8) is 0 Å². The first-order chi connectivity index (χ1) is 6.58. The molecule has 1 aromatic carbocycles. The first-order valence-electron chi connectivity index (χ1n) is 4.82. The minimum absolute atomic E-state index is 0.0498. The van der Waals surface area contributed by atoms with Gasteiger partial charge in [-0.05, 0) is 26.3 Å². The molecule has 0 spiro atoms. The molecule has 75 valence electrons. The minimum Gasteiger partial charge on any atom is -0.344 e. The summed E-state index contributed by atoms with van der Waals surface area (Å²) in [6.45, 7) is 7.77. The summed E-state index contributed by atoms with van der Waals surface area (Å²) < 4.78 is 11.3. The molecule has 1 heterocycles. The van der Waals surface area contributed by atoms with Gasteiger partial charge in [-0.3, -0.25) is 0 Å². The van der Waals surface area contributed by atoms with Crippen LogP contribution in [0.15, 0.2) is 30.3 Å². The highest BCUT2D eigenvalue weighted by Gasteiger charge is 2.39. The van der Waals surface area contributed by atoms with Gasteiger partial charge in [0.05, 0.1) is 6.10 Å². The second-order valence-corrected chi connectivity index (χ2v) is 4.01. The normalized spacial score (nSPS) is 30.5. The predicted octanol–water partition coefficient (Wildman–Crippen LogP) is 2.71. The van der Waals surface area contributed by atoms with Crippen molar-refractivity contribution in [3.05, 3.63) is 42.8 Å². The van der Waals surface area contributed by atoms with Gasteiger partial charge in [-0.1, -0.05) is 30.3 Å². The van der Waals surface area contributed by atoms with Gasteiger partial charge in [-0.2, -0.15) is 0 Å². The third-order valence-electron chi connectivity index (χ3n) is 2.31. The molecule has 1 aromatic rings. The molecule has 2 rings (SSSR count). The second kappa shape index (κ2) is 3.37. The van der Waals surface area contributed by atoms with E-state index in [4.69, 9.17) is 9.47 Å². The third kappa shape index (κ3) is 1.81. The van der Waals surface area contributed by atoms with Gasteiger partial charge in [0.15, 0.2) is 5.79 Å². The lowest BCUT2D eigenvalue weighted by Gasteiger charge is -2.16. The van der Waals surface area contributed by atoms with Crippen molar-refractivity contribution in [2.24, 2.45) is 0 Å². The van der Waals surface area contributed by atoms with E-state index >= 15 is 0 Å². The van der Waals surface area contributed by atoms with Crippen molar-refractivity contribution in [2.45, 2.75) is 31.8 Å². The van der Waals surface area contributed by atoms with Crippen LogP contribution in [0.3, 0.4) is 0 Å². The van der Waals surface area contributed by atoms with Crippen molar-refractivity contribution in [2.75, 3.05) is 0 Å². The van der Waals surface area contributed by atoms with E-state index in [0.717, 1.165) is 5.56 Å². The monoisotopic (exact) mass is 191 g/mol. The van der Waals surface area contributed by atoms with Gasteiger partial charge in [0.2, 0.25) is 0 Å². The summed E-state index contributed by atoms with van der Waals surface area (Å²) in [5.74, 6) is -0.521. The lowest BCUT2D eigenvalue weighted by atomic mass is 10.1. The van der Waals surface area contributed by atoms with Crippen molar-refractivity contribution in [1.29, 1.82) is 0 Å². The Morgan fingerprint density at radius 3 is 2.29 bits per heavy atom. The zero-order valence-corrected chi connectivity index (χ0v) is 8.57. The molecule has 2 unspecified atom stereocenters. The highest BCUT2D eigenvalue weighted by Crippen LogP contribution is 2.37. The fraction of sp³-hybridized carbons (Fsp3) is 0.417. The molecule has 0 aliphatic carbocycles. The van der Waals surface area contributed by atoms with Crippen molar-refractivity contribution in [1.82, 2.24) is 0 Å². The first-order valence-corrected chi connectivity index (χ1v) is 4.82. The predicted molar refractivity (Wildman–Crippen MR) is 54.6 cm³/mol. The average Bonchev–Trinajstić information content (AvgIpc) is 2.41. The van der Waals surface area contributed by atoms with Crippen LogP contribution in [0, 0.1) is 6.92 Å². The third-order valence-corrected chi connectivity index (χ3v) is 2.31. The average molecular weight is 191 g/mol. The molecule has 0 bridgehead atoms. The van der Waals surface area contributed by atoms with Crippen LogP contribution in [0.2, 0.25) is 0 Å². The van der Waals surface area contributed by atoms with Gasteiger partial charge in [0, 0.05) is 0 Å². The summed E-state index contributed by atoms with van der Waals surface area (Å²) >= 11 is 0. The number of benzene rings is 1. The highest BCUT2D eigenvalue weighted by molar-refractivity contribution is 5.20. The second-order valence-electron chi connectivity index (χ2n) is 4.01. The van der Waals surface area contributed by atoms with Crippen LogP contribution in [-0.4, -0.2) is 11.9 Å². The SMILES string of the molecule is [CH2]C1OC(C)(C)OC1c1ccccc1. The van der Waals surface area contributed by atoms with E-state index in [1.165, 1.54) is 0 Å². The van der Waals surface area contributed by atoms with Crippen LogP contribution in [0.25, 0.3) is 0 Å². The topological polar surface area (TPSA) is 18.5 Å². The quantitative estimate of drug-likeness (QED) is 0.679. The Labute approximate surface area is 84.8 Å². The molecule has 0 amide bonds. The van der Waals surface area contributed by atoms with Crippen molar-refractivity contribution >= 4 is 0 Å². The van der Waals surface area contributed by atoms with Crippen LogP contribution < -0.4 is 0 Å². The van der Waals surface area contributed by atoms with E-state index < -0.39 is 5.79 Å². The van der Waals surface area contributed by atoms with Crippen molar-refractivity contribution in [3.8, 4) is 0 Å². The van der Waals surface area contributed by atoms with E-state index in [9.17, 15) is 0 Å². The fourth-order valence-electron chi connectivity index (χ4n) is 1.76. The summed E-state index contributed by atoms with van der Waals surface area (Å²) in [5, 5.41) is 0. The summed E-state index contributed by atoms with van der Waals surface area (Å²) in [7, 11) is 0. The molecule has 14 heavy (non-hydrogen) atoms. The zero-order chi connectivity index (χ0) is 10.2. The maximum atomic E-state index is 5.76. The molecule has 0 N–H and O–H groups in total. The molecule has 2 atom stereocenters. The van der Waals surface area contributed by atoms with E-state index in [2.05, 4.69) is 6.92 Å². The number of rotatable bonds is 1. The summed E-state index contributed by atoms with van der Waals surface area (Å²) in [4.78, 5) is 0. The molecule has 1 aliphatic heterocycles. The van der Waals surface area contributed by atoms with Crippen LogP contribution in [-0.2, 0) is 9.47 Å². The van der Waals surface area contributed by atoms with E-state index in [1.807, 2.05) is 44.2 Å². The molecular weight excluding hydrogens is 176 g/mol. The van der Waals surface area contributed by atoms with Gasteiger partial charge >= 0.3 is 0 Å². The Bertz CT molecular complexity index is 305. The molecule has 0 aromatic heterocycles. The molecular formula is C12H15O2. The number of ether oxygens (including phenoxy) is 2. The highest BCUT2D eigenvalue weighted by atomic mass is 16.7. The molecule has 2 nitrogen and oxygen atoms in total. The summed E-state index contributed by atoms with van der Waals surface area (Å²) in [5.41, 5.74) is 1.12. The fourth-order valence-corrected chi connectivity index (χ4v) is 1.76. The first kappa shape index (κ1) is 9.69. The lowest BCUT2D eigenvalue weighted by molar-refractivity contribution is -0.143. The Hall–Kier alpha value is -0.860. The number of hydrogen-bond donors (Lipinski definition) is 0. The van der Waals surface area contributed by atoms with Crippen LogP contribution >= 0.6 is 0 Å². The van der Waals surface area contributed by atoms with Gasteiger partial charge in [0.25, 0.3) is 0 Å². The summed E-state index contributed by atoms with van der Waals surface area (Å²) in [6, 6.07) is 10.1. The van der Waals surface area contributed by atoms with Crippen molar-refractivity contribution < 1.29 is 9.47 Å². The van der Waals surface area contributed by atoms with Crippen LogP contribution in [0.4, 0.5) is 0 Å². The molecule has 1 fully saturated rings. The van der Waals surface area contributed by atoms with E-state index in [1.54, 1.807) is 0 Å². The molecule has 1 aliphatic rings. The Kier molecular flexibility index (Phi) is 2.33. The molecule has 1 saturated heterocycles. The standard InChI is InChI=1S/C12H15O2/c1-9-11(14-12(2,3)13-9)10-7-5-4-6-8-10/h4-9,11H,1H2,2-3H3. The van der Waals surface area contributed by atoms with Gasteiger partial charge in [0.1, 0.15) is 6.10 Å². The van der Waals surface area contributed by atoms with Gasteiger partial charge < -0.3 is 9.47 Å². The van der Waals surface area contributed by atoms with Crippen LogP contribution in [0.1, 0.15) is 25.5 Å². The van der Waals surface area contributed by atoms with Gasteiger partial charge in [-0.15, -0.1) is 0 Å². The number of hydrogen-bond acceptors (Lipinski definition) is 2. The smallest absolute Gasteiger partial charge is 0.164 e. The lowest BCUT2D eigenvalue weighted by Crippen LogP contribution is -2.20. The van der Waals surface area contributed by atoms with Gasteiger partial charge in [-0.25, -0.2) is 0 Å². The Morgan fingerprint density at radius 1 is 1.14 bits per heavy atom. The van der Waals surface area contributed by atoms with E-state index in [-0.39, 0.29) is 12.2 Å². The zero-order valence-electron chi connectivity index (χ0n) is 8.57. The largest absolute Gasteiger partial charge is 0.344 e. The van der Waals surface area contributed by atoms with E-state index in [0.29, 0.717) is 0 Å². The Balaban J connectivity index is 2.21. The molecule has 0 saturated carbocycles. The Morgan fingerprint density at radius 2 is 1.79 bits per heavy atom. The summed E-state index contributed by atoms with van der Waals surface area (Å²) in [6.07, 6.45) is -0.182. The maximum Gasteiger partial charge on any atom is 0.164 e. The van der Waals surface area contributed by atoms with Crippen LogP contribution in [0.5, 0.6) is 0 Å². The molecule has 2 heteroatoms. The minimum atomic E-state index is -0.521. The maximum absolute atomic E-state index is 5.76. The molecule has 1 radical (unpaired) electrons.